The molecule has 1 aromatic rings. The van der Waals surface area contributed by atoms with Crippen LogP contribution in [0.5, 0.6) is 0 Å². The van der Waals surface area contributed by atoms with Crippen LogP contribution < -0.4 is 0 Å². The first-order valence-corrected chi connectivity index (χ1v) is 2.64. The van der Waals surface area contributed by atoms with Gasteiger partial charge in [-0.05, 0) is 12.1 Å². The summed E-state index contributed by atoms with van der Waals surface area (Å²) in [5.41, 5.74) is 8.10. The highest BCUT2D eigenvalue weighted by Crippen LogP contribution is 2.02. The molecule has 4 heteroatoms. The van der Waals surface area contributed by atoms with Crippen LogP contribution in [-0.2, 0) is 0 Å². The Labute approximate surface area is 56.5 Å². The number of furan rings is 1. The summed E-state index contributed by atoms with van der Waals surface area (Å²) in [5, 5.41) is -0.0417. The van der Waals surface area contributed by atoms with E-state index < -0.39 is 0 Å². The van der Waals surface area contributed by atoms with E-state index in [1.807, 2.05) is 0 Å². The zero-order valence-electron chi connectivity index (χ0n) is 4.41. The lowest BCUT2D eigenvalue weighted by molar-refractivity contribution is -0.000757. The quantitative estimate of drug-likeness (QED) is 0.333. The first-order valence-electron chi connectivity index (χ1n) is 2.26. The smallest absolute Gasteiger partial charge is 0.426 e. The summed E-state index contributed by atoms with van der Waals surface area (Å²) in [4.78, 5) is 2.72. The lowest BCUT2D eigenvalue weighted by Gasteiger charge is -1.74. The number of halogens is 1. The van der Waals surface area contributed by atoms with E-state index in [1.165, 1.54) is 6.26 Å². The SMILES string of the molecule is [N-]=[N+]=C(Cl)c1ccco1. The lowest BCUT2D eigenvalue weighted by atomic mass is 10.5. The summed E-state index contributed by atoms with van der Waals surface area (Å²) in [6.45, 7) is 0. The lowest BCUT2D eigenvalue weighted by Crippen LogP contribution is -1.86. The number of hydrogen-bond acceptors (Lipinski definition) is 1. The number of hydrogen-bond donors (Lipinski definition) is 0. The van der Waals surface area contributed by atoms with Crippen molar-refractivity contribution in [2.75, 3.05) is 0 Å². The molecule has 0 aromatic carbocycles. The largest absolute Gasteiger partial charge is 0.456 e. The average molecular weight is 143 g/mol. The molecule has 0 aliphatic carbocycles. The fourth-order valence-corrected chi connectivity index (χ4v) is 0.553. The van der Waals surface area contributed by atoms with E-state index >= 15 is 0 Å². The number of rotatable bonds is 1. The topological polar surface area (TPSA) is 49.5 Å². The van der Waals surface area contributed by atoms with Crippen LogP contribution >= 0.6 is 11.6 Å². The molecule has 1 rings (SSSR count). The molecule has 1 aromatic heterocycles. The predicted octanol–water partition coefficient (Wildman–Crippen LogP) is 1.49. The Hall–Kier alpha value is -1.05. The van der Waals surface area contributed by atoms with Gasteiger partial charge in [0.25, 0.3) is 0 Å². The van der Waals surface area contributed by atoms with Crippen molar-refractivity contribution in [1.29, 1.82) is 0 Å². The molecular formula is C5H3ClN2O. The maximum absolute atomic E-state index is 8.10. The van der Waals surface area contributed by atoms with Crippen molar-refractivity contribution in [3.05, 3.63) is 29.7 Å². The molecule has 3 nitrogen and oxygen atoms in total. The summed E-state index contributed by atoms with van der Waals surface area (Å²) < 4.78 is 4.76. The van der Waals surface area contributed by atoms with Crippen LogP contribution in [0.2, 0.25) is 0 Å². The van der Waals surface area contributed by atoms with Crippen LogP contribution in [0, 0.1) is 0 Å². The summed E-state index contributed by atoms with van der Waals surface area (Å²) >= 11 is 5.34. The third-order valence-electron chi connectivity index (χ3n) is 0.812. The predicted molar refractivity (Wildman–Crippen MR) is 32.3 cm³/mol. The van der Waals surface area contributed by atoms with Gasteiger partial charge in [-0.2, -0.15) is 0 Å². The molecule has 0 fully saturated rings. The van der Waals surface area contributed by atoms with Gasteiger partial charge in [0.1, 0.15) is 0 Å². The van der Waals surface area contributed by atoms with Crippen molar-refractivity contribution in [2.24, 2.45) is 0 Å². The first kappa shape index (κ1) is 6.08. The van der Waals surface area contributed by atoms with E-state index in [-0.39, 0.29) is 5.17 Å². The van der Waals surface area contributed by atoms with Crippen molar-refractivity contribution in [1.82, 2.24) is 0 Å². The summed E-state index contributed by atoms with van der Waals surface area (Å²) in [5.74, 6) is 0.360. The van der Waals surface area contributed by atoms with Crippen LogP contribution in [-0.4, -0.2) is 9.96 Å². The second kappa shape index (κ2) is 2.49. The Balaban J connectivity index is 3.03. The van der Waals surface area contributed by atoms with Gasteiger partial charge in [0.05, 0.1) is 6.26 Å². The van der Waals surface area contributed by atoms with E-state index in [1.54, 1.807) is 12.1 Å². The average Bonchev–Trinajstić information content (AvgIpc) is 2.37. The normalized spacial score (nSPS) is 8.56. The molecule has 0 N–H and O–H groups in total. The zero-order chi connectivity index (χ0) is 6.69. The maximum Gasteiger partial charge on any atom is 0.426 e. The standard InChI is InChI=1S/C5H3ClN2O/c6-5(8-7)4-2-1-3-9-4/h1-3H. The van der Waals surface area contributed by atoms with Crippen LogP contribution in [0.25, 0.3) is 5.53 Å². The second-order valence-corrected chi connectivity index (χ2v) is 1.73. The molecule has 46 valence electrons. The highest BCUT2D eigenvalue weighted by Gasteiger charge is 2.08. The van der Waals surface area contributed by atoms with Crippen molar-refractivity contribution in [3.63, 3.8) is 0 Å². The van der Waals surface area contributed by atoms with Gasteiger partial charge in [-0.1, -0.05) is 0 Å². The second-order valence-electron chi connectivity index (χ2n) is 1.37. The minimum atomic E-state index is -0.0417. The Kier molecular flexibility index (Phi) is 1.68. The van der Waals surface area contributed by atoms with Gasteiger partial charge in [-0.3, -0.25) is 0 Å². The van der Waals surface area contributed by atoms with Gasteiger partial charge in [0, 0.05) is 11.6 Å². The van der Waals surface area contributed by atoms with Crippen molar-refractivity contribution >= 4 is 16.8 Å². The zero-order valence-corrected chi connectivity index (χ0v) is 5.17. The Morgan fingerprint density at radius 3 is 3.00 bits per heavy atom. The van der Waals surface area contributed by atoms with E-state index in [9.17, 15) is 0 Å². The first-order chi connectivity index (χ1) is 4.34. The van der Waals surface area contributed by atoms with Crippen LogP contribution in [0.3, 0.4) is 0 Å². The van der Waals surface area contributed by atoms with E-state index in [2.05, 4.69) is 4.79 Å². The third-order valence-corrected chi connectivity index (χ3v) is 1.07. The molecule has 0 amide bonds. The fourth-order valence-electron chi connectivity index (χ4n) is 0.445. The van der Waals surface area contributed by atoms with E-state index in [4.69, 9.17) is 21.5 Å². The van der Waals surface area contributed by atoms with Gasteiger partial charge >= 0.3 is 5.17 Å². The van der Waals surface area contributed by atoms with Crippen molar-refractivity contribution < 1.29 is 9.21 Å². The van der Waals surface area contributed by atoms with Crippen LogP contribution in [0.4, 0.5) is 0 Å². The molecule has 0 aliphatic heterocycles. The Bertz CT molecular complexity index is 235. The van der Waals surface area contributed by atoms with E-state index in [0.717, 1.165) is 0 Å². The fraction of sp³-hybridized carbons (Fsp3) is 0. The van der Waals surface area contributed by atoms with Crippen molar-refractivity contribution in [3.8, 4) is 0 Å². The minimum absolute atomic E-state index is 0.0417. The van der Waals surface area contributed by atoms with Crippen LogP contribution in [0.15, 0.2) is 22.8 Å². The third kappa shape index (κ3) is 1.19. The minimum Gasteiger partial charge on any atom is -0.456 e. The summed E-state index contributed by atoms with van der Waals surface area (Å²) in [6, 6.07) is 3.25. The molecule has 0 saturated heterocycles. The molecule has 0 atom stereocenters. The summed E-state index contributed by atoms with van der Waals surface area (Å²) in [7, 11) is 0. The summed E-state index contributed by atoms with van der Waals surface area (Å²) in [6.07, 6.45) is 1.45. The van der Waals surface area contributed by atoms with Crippen molar-refractivity contribution in [2.45, 2.75) is 0 Å². The molecule has 0 unspecified atom stereocenters. The molecule has 0 bridgehead atoms. The van der Waals surface area contributed by atoms with Gasteiger partial charge in [-0.15, -0.1) is 4.79 Å². The van der Waals surface area contributed by atoms with E-state index in [0.29, 0.717) is 5.76 Å². The molecule has 9 heavy (non-hydrogen) atoms. The van der Waals surface area contributed by atoms with Crippen LogP contribution in [0.1, 0.15) is 5.76 Å². The molecule has 0 radical (unpaired) electrons. The molecule has 0 aliphatic rings. The van der Waals surface area contributed by atoms with Gasteiger partial charge in [0.2, 0.25) is 5.76 Å². The molecular weight excluding hydrogens is 140 g/mol. The highest BCUT2D eigenvalue weighted by atomic mass is 35.5. The highest BCUT2D eigenvalue weighted by molar-refractivity contribution is 6.67. The van der Waals surface area contributed by atoms with Gasteiger partial charge in [0.15, 0.2) is 0 Å². The molecule has 0 spiro atoms. The monoisotopic (exact) mass is 142 g/mol. The Morgan fingerprint density at radius 2 is 2.56 bits per heavy atom. The Morgan fingerprint density at radius 1 is 1.78 bits per heavy atom. The maximum atomic E-state index is 8.10. The molecule has 1 heterocycles. The van der Waals surface area contributed by atoms with Gasteiger partial charge in [-0.25, -0.2) is 0 Å². The number of nitrogens with zero attached hydrogens (tertiary/aromatic N) is 2. The molecule has 0 saturated carbocycles. The van der Waals surface area contributed by atoms with Gasteiger partial charge < -0.3 is 9.95 Å².